The van der Waals surface area contributed by atoms with Crippen molar-refractivity contribution >= 4 is 48.9 Å². The maximum atomic E-state index is 12.9. The molecule has 1 aliphatic rings. The minimum absolute atomic E-state index is 0.0808. The molecule has 1 aromatic carbocycles. The number of thiophene rings is 1. The number of rotatable bonds is 3. The van der Waals surface area contributed by atoms with E-state index in [0.717, 1.165) is 17.4 Å². The van der Waals surface area contributed by atoms with Gasteiger partial charge in [0.2, 0.25) is 10.0 Å². The van der Waals surface area contributed by atoms with Crippen LogP contribution in [0.25, 0.3) is 10.2 Å². The third-order valence-electron chi connectivity index (χ3n) is 4.79. The lowest BCUT2D eigenvalue weighted by molar-refractivity contribution is -0.140. The van der Waals surface area contributed by atoms with Crippen LogP contribution in [-0.2, 0) is 16.2 Å². The Morgan fingerprint density at radius 1 is 1.23 bits per heavy atom. The smallest absolute Gasteiger partial charge is 0.321 e. The van der Waals surface area contributed by atoms with Gasteiger partial charge in [-0.25, -0.2) is 13.4 Å². The Labute approximate surface area is 174 Å². The molecule has 1 saturated heterocycles. The van der Waals surface area contributed by atoms with Crippen molar-refractivity contribution in [2.45, 2.75) is 19.5 Å². The molecule has 6 nitrogen and oxygen atoms in total. The molecule has 3 aromatic rings. The summed E-state index contributed by atoms with van der Waals surface area (Å²) < 4.78 is 64.2. The van der Waals surface area contributed by atoms with Crippen molar-refractivity contribution < 1.29 is 26.4 Å². The van der Waals surface area contributed by atoms with Gasteiger partial charge in [-0.1, -0.05) is 6.07 Å². The molecule has 0 saturated carbocycles. The number of nitrogens with one attached hydrogen (secondary N) is 1. The van der Waals surface area contributed by atoms with Crippen LogP contribution in [0.5, 0.6) is 0 Å². The summed E-state index contributed by atoms with van der Waals surface area (Å²) in [6.45, 7) is 2.03. The van der Waals surface area contributed by atoms with E-state index in [1.807, 2.05) is 0 Å². The molecule has 0 spiro atoms. The molecule has 0 radical (unpaired) electrons. The zero-order valence-corrected chi connectivity index (χ0v) is 17.3. The van der Waals surface area contributed by atoms with Gasteiger partial charge in [-0.3, -0.25) is 9.10 Å². The van der Waals surface area contributed by atoms with Crippen LogP contribution in [0, 0.1) is 6.92 Å². The molecule has 3 heterocycles. The highest BCUT2D eigenvalue weighted by atomic mass is 32.2. The average Bonchev–Trinajstić information content (AvgIpc) is 3.20. The Balaban J connectivity index is 1.62. The summed E-state index contributed by atoms with van der Waals surface area (Å²) in [5.74, 6) is -0.414. The van der Waals surface area contributed by atoms with Crippen LogP contribution in [0.4, 0.5) is 24.5 Å². The van der Waals surface area contributed by atoms with Crippen LogP contribution < -0.4 is 9.62 Å². The Bertz CT molecular complexity index is 1250. The lowest BCUT2D eigenvalue weighted by Crippen LogP contribution is -2.25. The van der Waals surface area contributed by atoms with Crippen molar-refractivity contribution in [1.29, 1.82) is 0 Å². The molecule has 4 rings (SSSR count). The average molecular weight is 455 g/mol. The number of halogens is 3. The molecule has 30 heavy (non-hydrogen) atoms. The van der Waals surface area contributed by atoms with E-state index in [4.69, 9.17) is 0 Å². The van der Waals surface area contributed by atoms with Crippen molar-refractivity contribution in [3.63, 3.8) is 0 Å². The largest absolute Gasteiger partial charge is 0.433 e. The number of anilines is 2. The first-order valence-electron chi connectivity index (χ1n) is 8.95. The lowest BCUT2D eigenvalue weighted by atomic mass is 10.1. The third kappa shape index (κ3) is 3.74. The summed E-state index contributed by atoms with van der Waals surface area (Å²) in [7, 11) is -3.36. The molecular weight excluding hydrogens is 439 g/mol. The molecule has 158 valence electrons. The summed E-state index contributed by atoms with van der Waals surface area (Å²) >= 11 is 0.881. The number of hydrogen-bond acceptors (Lipinski definition) is 5. The highest BCUT2D eigenvalue weighted by molar-refractivity contribution is 7.93. The summed E-state index contributed by atoms with van der Waals surface area (Å²) in [5, 5.41) is 3.18. The lowest BCUT2D eigenvalue weighted by Gasteiger charge is -2.17. The van der Waals surface area contributed by atoms with Crippen LogP contribution in [0.15, 0.2) is 36.4 Å². The van der Waals surface area contributed by atoms with Crippen molar-refractivity contribution in [3.05, 3.63) is 52.5 Å². The number of sulfonamides is 1. The predicted octanol–water partition coefficient (Wildman–Crippen LogP) is 4.42. The monoisotopic (exact) mass is 455 g/mol. The molecule has 0 aliphatic carbocycles. The zero-order chi connectivity index (χ0) is 21.7. The van der Waals surface area contributed by atoms with Crippen molar-refractivity contribution in [3.8, 4) is 0 Å². The van der Waals surface area contributed by atoms with E-state index in [9.17, 15) is 26.4 Å². The van der Waals surface area contributed by atoms with E-state index < -0.39 is 27.8 Å². The Morgan fingerprint density at radius 2 is 2.00 bits per heavy atom. The fourth-order valence-corrected chi connectivity index (χ4v) is 5.96. The van der Waals surface area contributed by atoms with Crippen molar-refractivity contribution in [2.75, 3.05) is 21.9 Å². The molecule has 1 N–H and O–H groups in total. The first kappa shape index (κ1) is 20.6. The number of aromatic nitrogens is 1. The van der Waals surface area contributed by atoms with Crippen molar-refractivity contribution in [1.82, 2.24) is 4.98 Å². The predicted molar refractivity (Wildman–Crippen MR) is 110 cm³/mol. The number of benzene rings is 1. The minimum Gasteiger partial charge on any atom is -0.321 e. The van der Waals surface area contributed by atoms with Gasteiger partial charge in [-0.05, 0) is 49.2 Å². The first-order chi connectivity index (χ1) is 14.1. The Morgan fingerprint density at radius 3 is 2.67 bits per heavy atom. The van der Waals surface area contributed by atoms with Crippen molar-refractivity contribution in [2.24, 2.45) is 0 Å². The van der Waals surface area contributed by atoms with Gasteiger partial charge in [0, 0.05) is 17.6 Å². The SMILES string of the molecule is Cc1c(C(=O)Nc2cccc(N3CCCS3(=O)=O)c2)sc2nc(C(F)(F)F)ccc12. The summed E-state index contributed by atoms with van der Waals surface area (Å²) in [6.07, 6.45) is -4.03. The molecule has 2 aromatic heterocycles. The highest BCUT2D eigenvalue weighted by Gasteiger charge is 2.33. The second kappa shape index (κ2) is 7.24. The molecule has 11 heteroatoms. The van der Waals surface area contributed by atoms with Crippen LogP contribution in [0.2, 0.25) is 0 Å². The Hall–Kier alpha value is -2.66. The number of carbonyl (C=O) groups excluding carboxylic acids is 1. The molecule has 1 amide bonds. The van der Waals surface area contributed by atoms with Crippen LogP contribution >= 0.6 is 11.3 Å². The van der Waals surface area contributed by atoms with E-state index in [2.05, 4.69) is 10.3 Å². The van der Waals surface area contributed by atoms with E-state index in [-0.39, 0.29) is 15.5 Å². The fourth-order valence-electron chi connectivity index (χ4n) is 3.33. The second-order valence-electron chi connectivity index (χ2n) is 6.85. The summed E-state index contributed by atoms with van der Waals surface area (Å²) in [6, 6.07) is 8.66. The number of fused-ring (bicyclic) bond motifs is 1. The van der Waals surface area contributed by atoms with Gasteiger partial charge in [0.1, 0.15) is 10.5 Å². The third-order valence-corrected chi connectivity index (χ3v) is 7.86. The zero-order valence-electron chi connectivity index (χ0n) is 15.7. The van der Waals surface area contributed by atoms with Gasteiger partial charge < -0.3 is 5.32 Å². The highest BCUT2D eigenvalue weighted by Crippen LogP contribution is 2.35. The summed E-state index contributed by atoms with van der Waals surface area (Å²) in [5.41, 5.74) is 0.366. The van der Waals surface area contributed by atoms with Gasteiger partial charge in [0.05, 0.1) is 16.3 Å². The topological polar surface area (TPSA) is 79.4 Å². The molecule has 0 unspecified atom stereocenters. The number of amides is 1. The number of nitrogens with zero attached hydrogens (tertiary/aromatic N) is 2. The number of alkyl halides is 3. The van der Waals surface area contributed by atoms with Crippen LogP contribution in [-0.4, -0.2) is 31.6 Å². The molecular formula is C19H16F3N3O3S2. The maximum absolute atomic E-state index is 12.9. The number of hydrogen-bond donors (Lipinski definition) is 1. The number of aryl methyl sites for hydroxylation is 1. The number of carbonyl (C=O) groups is 1. The quantitative estimate of drug-likeness (QED) is 0.634. The number of pyridine rings is 1. The van der Waals surface area contributed by atoms with Gasteiger partial charge in [-0.15, -0.1) is 11.3 Å². The first-order valence-corrected chi connectivity index (χ1v) is 11.4. The maximum Gasteiger partial charge on any atom is 0.433 e. The normalized spacial score (nSPS) is 16.2. The van der Waals surface area contributed by atoms with E-state index in [0.29, 0.717) is 35.3 Å². The van der Waals surface area contributed by atoms with Crippen LogP contribution in [0.3, 0.4) is 0 Å². The molecule has 1 fully saturated rings. The standard InChI is InChI=1S/C19H16F3N3O3S2/c1-11-14-6-7-15(19(20,21)22)24-18(14)29-16(11)17(26)23-12-4-2-5-13(10-12)25-8-3-9-30(25,27)28/h2,4-7,10H,3,8-9H2,1H3,(H,23,26). The van der Waals surface area contributed by atoms with Crippen LogP contribution in [0.1, 0.15) is 27.3 Å². The minimum atomic E-state index is -4.56. The van der Waals surface area contributed by atoms with Gasteiger partial charge in [-0.2, -0.15) is 13.2 Å². The fraction of sp³-hybridized carbons (Fsp3) is 0.263. The summed E-state index contributed by atoms with van der Waals surface area (Å²) in [4.78, 5) is 16.8. The van der Waals surface area contributed by atoms with E-state index in [1.165, 1.54) is 10.4 Å². The Kier molecular flexibility index (Phi) is 4.97. The van der Waals surface area contributed by atoms with Gasteiger partial charge in [0.25, 0.3) is 5.91 Å². The second-order valence-corrected chi connectivity index (χ2v) is 9.86. The molecule has 0 bridgehead atoms. The molecule has 1 aliphatic heterocycles. The van der Waals surface area contributed by atoms with Gasteiger partial charge in [0.15, 0.2) is 0 Å². The van der Waals surface area contributed by atoms with Gasteiger partial charge >= 0.3 is 6.18 Å². The van der Waals surface area contributed by atoms with E-state index in [1.54, 1.807) is 31.2 Å². The molecule has 0 atom stereocenters. The van der Waals surface area contributed by atoms with E-state index >= 15 is 0 Å².